The molecular weight excluding hydrogens is 319 g/mol. The Morgan fingerprint density at radius 1 is 1.32 bits per heavy atom. The lowest BCUT2D eigenvalue weighted by Gasteiger charge is -2.14. The molecule has 0 saturated carbocycles. The fourth-order valence-electron chi connectivity index (χ4n) is 3.06. The van der Waals surface area contributed by atoms with Gasteiger partial charge in [-0.2, -0.15) is 5.26 Å². The normalized spacial score (nSPS) is 10.6. The summed E-state index contributed by atoms with van der Waals surface area (Å²) < 4.78 is 15.6. The molecule has 0 bridgehead atoms. The summed E-state index contributed by atoms with van der Waals surface area (Å²) in [5.41, 5.74) is 3.06. The first-order valence-corrected chi connectivity index (χ1v) is 8.26. The third-order valence-electron chi connectivity index (χ3n) is 4.10. The Hall–Kier alpha value is -2.81. The van der Waals surface area contributed by atoms with Gasteiger partial charge in [-0.3, -0.25) is 4.79 Å². The summed E-state index contributed by atoms with van der Waals surface area (Å²) in [4.78, 5) is 12.4. The Kier molecular flexibility index (Phi) is 5.81. The highest BCUT2D eigenvalue weighted by Crippen LogP contribution is 2.20. The van der Waals surface area contributed by atoms with Crippen molar-refractivity contribution in [1.29, 1.82) is 5.26 Å². The predicted molar refractivity (Wildman–Crippen MR) is 96.2 cm³/mol. The molecule has 1 amide bonds. The van der Waals surface area contributed by atoms with E-state index >= 15 is 0 Å². The van der Waals surface area contributed by atoms with Gasteiger partial charge in [-0.05, 0) is 45.9 Å². The summed E-state index contributed by atoms with van der Waals surface area (Å²) in [5.74, 6) is -0.695. The van der Waals surface area contributed by atoms with Gasteiger partial charge in [0.15, 0.2) is 0 Å². The van der Waals surface area contributed by atoms with Crippen molar-refractivity contribution in [3.8, 4) is 6.07 Å². The number of nitrogens with zero attached hydrogens (tertiary/aromatic N) is 2. The molecule has 2 rings (SSSR count). The van der Waals surface area contributed by atoms with Gasteiger partial charge < -0.3 is 15.2 Å². The lowest BCUT2D eigenvalue weighted by atomic mass is 10.2. The maximum atomic E-state index is 13.5. The first-order chi connectivity index (χ1) is 11.9. The van der Waals surface area contributed by atoms with Crippen molar-refractivity contribution in [3.63, 3.8) is 0 Å². The number of halogens is 1. The topological polar surface area (TPSA) is 69.8 Å². The molecule has 0 radical (unpaired) electrons. The van der Waals surface area contributed by atoms with Crippen LogP contribution in [0.15, 0.2) is 24.3 Å². The van der Waals surface area contributed by atoms with E-state index < -0.39 is 5.82 Å². The molecule has 1 heterocycles. The number of carbonyl (C=O) groups excluding carboxylic acids is 1. The van der Waals surface area contributed by atoms with E-state index in [0.717, 1.165) is 11.4 Å². The molecule has 0 aliphatic rings. The van der Waals surface area contributed by atoms with E-state index in [2.05, 4.69) is 29.0 Å². The van der Waals surface area contributed by atoms with Gasteiger partial charge in [0, 0.05) is 30.5 Å². The van der Waals surface area contributed by atoms with Crippen molar-refractivity contribution in [2.24, 2.45) is 0 Å². The van der Waals surface area contributed by atoms with E-state index in [4.69, 9.17) is 5.26 Å². The fourth-order valence-corrected chi connectivity index (χ4v) is 3.06. The Labute approximate surface area is 147 Å². The Balaban J connectivity index is 1.95. The minimum Gasteiger partial charge on any atom is -0.382 e. The van der Waals surface area contributed by atoms with Crippen LogP contribution in [0.3, 0.4) is 0 Å². The molecule has 0 aliphatic carbocycles. The van der Waals surface area contributed by atoms with Gasteiger partial charge in [0.25, 0.3) is 5.91 Å². The van der Waals surface area contributed by atoms with E-state index in [1.807, 2.05) is 26.0 Å². The van der Waals surface area contributed by atoms with Crippen LogP contribution < -0.4 is 10.6 Å². The largest absolute Gasteiger partial charge is 0.382 e. The van der Waals surface area contributed by atoms with Crippen molar-refractivity contribution in [3.05, 3.63) is 52.6 Å². The third kappa shape index (κ3) is 4.00. The zero-order valence-corrected chi connectivity index (χ0v) is 15.0. The number of carbonyl (C=O) groups is 1. The van der Waals surface area contributed by atoms with Gasteiger partial charge in [0.2, 0.25) is 0 Å². The molecule has 0 atom stereocenters. The Morgan fingerprint density at radius 2 is 2.04 bits per heavy atom. The zero-order valence-electron chi connectivity index (χ0n) is 15.0. The van der Waals surface area contributed by atoms with Crippen LogP contribution >= 0.6 is 0 Å². The molecule has 1 aromatic carbocycles. The first kappa shape index (κ1) is 18.5. The van der Waals surface area contributed by atoms with E-state index in [1.165, 1.54) is 12.1 Å². The lowest BCUT2D eigenvalue weighted by molar-refractivity contribution is 0.0954. The summed E-state index contributed by atoms with van der Waals surface area (Å²) in [6.07, 6.45) is 0. The van der Waals surface area contributed by atoms with E-state index in [1.54, 1.807) is 6.07 Å². The SMILES string of the molecule is Cc1cc(C(=O)NCCNc2cccc(F)c2C#N)c(C)n1C(C)C. The molecule has 25 heavy (non-hydrogen) atoms. The average molecular weight is 342 g/mol. The number of rotatable bonds is 6. The number of hydrogen-bond donors (Lipinski definition) is 2. The predicted octanol–water partition coefficient (Wildman–Crippen LogP) is 3.54. The van der Waals surface area contributed by atoms with Gasteiger partial charge in [-0.1, -0.05) is 6.07 Å². The maximum Gasteiger partial charge on any atom is 0.253 e. The number of aromatic nitrogens is 1. The highest BCUT2D eigenvalue weighted by atomic mass is 19.1. The van der Waals surface area contributed by atoms with Crippen LogP contribution in [0.2, 0.25) is 0 Å². The fraction of sp³-hybridized carbons (Fsp3) is 0.368. The maximum absolute atomic E-state index is 13.5. The van der Waals surface area contributed by atoms with E-state index in [9.17, 15) is 9.18 Å². The number of aryl methyl sites for hydroxylation is 1. The molecule has 0 spiro atoms. The summed E-state index contributed by atoms with van der Waals surface area (Å²) in [6, 6.07) is 8.44. The molecule has 2 aromatic rings. The van der Waals surface area contributed by atoms with Crippen molar-refractivity contribution >= 4 is 11.6 Å². The van der Waals surface area contributed by atoms with Crippen LogP contribution in [0.25, 0.3) is 0 Å². The molecule has 5 nitrogen and oxygen atoms in total. The van der Waals surface area contributed by atoms with Crippen LogP contribution in [0.5, 0.6) is 0 Å². The number of anilines is 1. The number of nitriles is 1. The van der Waals surface area contributed by atoms with Crippen molar-refractivity contribution < 1.29 is 9.18 Å². The van der Waals surface area contributed by atoms with Crippen LogP contribution in [0, 0.1) is 31.0 Å². The number of nitrogens with one attached hydrogen (secondary N) is 2. The number of benzene rings is 1. The van der Waals surface area contributed by atoms with Crippen LogP contribution in [-0.2, 0) is 0 Å². The molecule has 0 aliphatic heterocycles. The van der Waals surface area contributed by atoms with Crippen LogP contribution in [-0.4, -0.2) is 23.6 Å². The average Bonchev–Trinajstić information content (AvgIpc) is 2.86. The van der Waals surface area contributed by atoms with Crippen LogP contribution in [0.4, 0.5) is 10.1 Å². The third-order valence-corrected chi connectivity index (χ3v) is 4.10. The second kappa shape index (κ2) is 7.84. The van der Waals surface area contributed by atoms with Gasteiger partial charge in [-0.15, -0.1) is 0 Å². The molecule has 0 fully saturated rings. The van der Waals surface area contributed by atoms with Gasteiger partial charge in [0.1, 0.15) is 17.4 Å². The molecular formula is C19H23FN4O. The van der Waals surface area contributed by atoms with Gasteiger partial charge in [0.05, 0.1) is 11.3 Å². The van der Waals surface area contributed by atoms with Crippen LogP contribution in [0.1, 0.15) is 47.2 Å². The highest BCUT2D eigenvalue weighted by Gasteiger charge is 2.16. The van der Waals surface area contributed by atoms with Crippen molar-refractivity contribution in [2.45, 2.75) is 33.7 Å². The van der Waals surface area contributed by atoms with Gasteiger partial charge >= 0.3 is 0 Å². The minimum absolute atomic E-state index is 0.0192. The Bertz CT molecular complexity index is 818. The molecule has 2 N–H and O–H groups in total. The number of amides is 1. The molecule has 0 saturated heterocycles. The molecule has 0 unspecified atom stereocenters. The summed E-state index contributed by atoms with van der Waals surface area (Å²) >= 11 is 0. The second-order valence-electron chi connectivity index (χ2n) is 6.21. The minimum atomic E-state index is -0.558. The molecule has 1 aromatic heterocycles. The quantitative estimate of drug-likeness (QED) is 0.789. The smallest absolute Gasteiger partial charge is 0.253 e. The molecule has 6 heteroatoms. The molecule has 132 valence electrons. The van der Waals surface area contributed by atoms with Crippen molar-refractivity contribution in [2.75, 3.05) is 18.4 Å². The zero-order chi connectivity index (χ0) is 18.6. The van der Waals surface area contributed by atoms with Crippen molar-refractivity contribution in [1.82, 2.24) is 9.88 Å². The van der Waals surface area contributed by atoms with E-state index in [-0.39, 0.29) is 11.5 Å². The monoisotopic (exact) mass is 342 g/mol. The number of hydrogen-bond acceptors (Lipinski definition) is 3. The Morgan fingerprint density at radius 3 is 2.64 bits per heavy atom. The standard InChI is InChI=1S/C19H23FN4O/c1-12(2)24-13(3)10-15(14(24)4)19(25)23-9-8-22-18-7-5-6-17(20)16(18)11-21/h5-7,10,12,22H,8-9H2,1-4H3,(H,23,25). The lowest BCUT2D eigenvalue weighted by Crippen LogP contribution is -2.29. The van der Waals surface area contributed by atoms with Gasteiger partial charge in [-0.25, -0.2) is 4.39 Å². The summed E-state index contributed by atoms with van der Waals surface area (Å²) in [7, 11) is 0. The van der Waals surface area contributed by atoms with E-state index in [0.29, 0.717) is 30.4 Å². The highest BCUT2D eigenvalue weighted by molar-refractivity contribution is 5.95. The summed E-state index contributed by atoms with van der Waals surface area (Å²) in [5, 5.41) is 14.8. The first-order valence-electron chi connectivity index (χ1n) is 8.26. The second-order valence-corrected chi connectivity index (χ2v) is 6.21. The summed E-state index contributed by atoms with van der Waals surface area (Å²) in [6.45, 7) is 8.85.